The molecule has 138 valence electrons. The molecule has 3 aliphatic rings. The minimum Gasteiger partial charge on any atom is -0.329 e. The first-order valence-corrected chi connectivity index (χ1v) is 9.48. The lowest BCUT2D eigenvalue weighted by molar-refractivity contribution is -0.122. The van der Waals surface area contributed by atoms with Crippen LogP contribution in [-0.4, -0.2) is 26.6 Å². The predicted molar refractivity (Wildman–Crippen MR) is 99.9 cm³/mol. The van der Waals surface area contributed by atoms with Crippen LogP contribution in [0.3, 0.4) is 0 Å². The Morgan fingerprint density at radius 2 is 1.70 bits per heavy atom. The molecule has 1 saturated heterocycles. The quantitative estimate of drug-likeness (QED) is 0.830. The first kappa shape index (κ1) is 16.2. The average molecular weight is 363 g/mol. The molecule has 27 heavy (non-hydrogen) atoms. The highest BCUT2D eigenvalue weighted by Crippen LogP contribution is 2.40. The number of fused-ring (bicyclic) bond motifs is 2. The van der Waals surface area contributed by atoms with Gasteiger partial charge in [-0.1, -0.05) is 43.2 Å². The largest absolute Gasteiger partial charge is 0.329 e. The maximum Gasteiger partial charge on any atom is 0.260 e. The molecule has 2 amide bonds. The third-order valence-corrected chi connectivity index (χ3v) is 5.78. The Bertz CT molecular complexity index is 925. The molecule has 3 heterocycles. The summed E-state index contributed by atoms with van der Waals surface area (Å²) in [6.45, 7) is 1.97. The van der Waals surface area contributed by atoms with Crippen LogP contribution < -0.4 is 10.2 Å². The van der Waals surface area contributed by atoms with Crippen molar-refractivity contribution in [1.82, 2.24) is 14.8 Å². The average Bonchev–Trinajstić information content (AvgIpc) is 3.21. The summed E-state index contributed by atoms with van der Waals surface area (Å²) in [7, 11) is 0. The molecule has 2 fully saturated rings. The van der Waals surface area contributed by atoms with Crippen molar-refractivity contribution in [1.29, 1.82) is 0 Å². The number of hydrogen-bond acceptors (Lipinski definition) is 5. The molecule has 5 rings (SSSR count). The normalized spacial score (nSPS) is 27.1. The Morgan fingerprint density at radius 3 is 2.37 bits per heavy atom. The van der Waals surface area contributed by atoms with Crippen LogP contribution in [-0.2, 0) is 9.59 Å². The highest BCUT2D eigenvalue weighted by atomic mass is 16.2. The number of amides is 2. The fraction of sp³-hybridized carbons (Fsp3) is 0.400. The highest BCUT2D eigenvalue weighted by molar-refractivity contribution is 6.21. The highest BCUT2D eigenvalue weighted by Gasteiger charge is 2.50. The molecule has 0 radical (unpaired) electrons. The first-order chi connectivity index (χ1) is 13.1. The number of nitrogens with one attached hydrogen (secondary N) is 1. The van der Waals surface area contributed by atoms with E-state index in [0.29, 0.717) is 5.95 Å². The van der Waals surface area contributed by atoms with Crippen LogP contribution in [0.4, 0.5) is 11.9 Å². The van der Waals surface area contributed by atoms with E-state index in [1.165, 1.54) is 4.90 Å². The van der Waals surface area contributed by atoms with Crippen molar-refractivity contribution in [2.45, 2.75) is 38.6 Å². The van der Waals surface area contributed by atoms with Crippen LogP contribution in [0.2, 0.25) is 0 Å². The maximum atomic E-state index is 12.9. The zero-order valence-electron chi connectivity index (χ0n) is 15.1. The van der Waals surface area contributed by atoms with Crippen molar-refractivity contribution in [3.05, 3.63) is 47.7 Å². The number of allylic oxidation sites excluding steroid dienone is 2. The molecule has 1 N–H and O–H groups in total. The van der Waals surface area contributed by atoms with E-state index < -0.39 is 0 Å². The molecule has 1 aliphatic carbocycles. The van der Waals surface area contributed by atoms with Gasteiger partial charge in [0, 0.05) is 5.70 Å². The van der Waals surface area contributed by atoms with Crippen molar-refractivity contribution in [3.8, 4) is 0 Å². The van der Waals surface area contributed by atoms with Gasteiger partial charge in [0.05, 0.1) is 11.8 Å². The lowest BCUT2D eigenvalue weighted by Gasteiger charge is -2.22. The van der Waals surface area contributed by atoms with Gasteiger partial charge in [-0.2, -0.15) is 4.98 Å². The summed E-state index contributed by atoms with van der Waals surface area (Å²) in [5.41, 5.74) is 2.03. The van der Waals surface area contributed by atoms with Gasteiger partial charge in [0.15, 0.2) is 0 Å². The fourth-order valence-electron chi connectivity index (χ4n) is 4.46. The molecule has 2 aliphatic heterocycles. The lowest BCUT2D eigenvalue weighted by Crippen LogP contribution is -2.32. The number of anilines is 2. The van der Waals surface area contributed by atoms with Crippen molar-refractivity contribution in [2.75, 3.05) is 10.2 Å². The van der Waals surface area contributed by atoms with Gasteiger partial charge < -0.3 is 5.32 Å². The van der Waals surface area contributed by atoms with Crippen LogP contribution in [0.15, 0.2) is 42.1 Å². The number of imide groups is 1. The van der Waals surface area contributed by atoms with Crippen molar-refractivity contribution in [3.63, 3.8) is 0 Å². The number of hydrogen-bond donors (Lipinski definition) is 1. The minimum absolute atomic E-state index is 0.126. The van der Waals surface area contributed by atoms with Gasteiger partial charge in [0.25, 0.3) is 5.95 Å². The fourth-order valence-corrected chi connectivity index (χ4v) is 4.46. The molecule has 1 aromatic heterocycles. The number of aromatic nitrogens is 3. The maximum absolute atomic E-state index is 12.9. The molecule has 1 aromatic carbocycles. The first-order valence-electron chi connectivity index (χ1n) is 9.48. The number of rotatable bonds is 2. The van der Waals surface area contributed by atoms with Gasteiger partial charge in [-0.05, 0) is 31.4 Å². The molecule has 3 atom stereocenters. The lowest BCUT2D eigenvalue weighted by atomic mass is 9.81. The summed E-state index contributed by atoms with van der Waals surface area (Å²) in [6, 6.07) is 9.88. The molecule has 1 saturated carbocycles. The Hall–Kier alpha value is -2.96. The van der Waals surface area contributed by atoms with E-state index in [1.54, 1.807) is 4.68 Å². The number of nitrogens with zero attached hydrogens (tertiary/aromatic N) is 4. The van der Waals surface area contributed by atoms with Gasteiger partial charge >= 0.3 is 0 Å². The van der Waals surface area contributed by atoms with E-state index >= 15 is 0 Å². The van der Waals surface area contributed by atoms with Crippen LogP contribution in [0.1, 0.15) is 44.2 Å². The Morgan fingerprint density at radius 1 is 1.04 bits per heavy atom. The zero-order valence-corrected chi connectivity index (χ0v) is 15.1. The molecule has 3 unspecified atom stereocenters. The van der Waals surface area contributed by atoms with E-state index in [2.05, 4.69) is 21.5 Å². The van der Waals surface area contributed by atoms with E-state index in [1.807, 2.05) is 37.3 Å². The zero-order chi connectivity index (χ0) is 18.5. The number of benzene rings is 1. The molecular weight excluding hydrogens is 342 g/mol. The van der Waals surface area contributed by atoms with Crippen molar-refractivity contribution in [2.24, 2.45) is 11.8 Å². The van der Waals surface area contributed by atoms with Gasteiger partial charge in [-0.25, -0.2) is 9.58 Å². The van der Waals surface area contributed by atoms with Crippen LogP contribution >= 0.6 is 0 Å². The van der Waals surface area contributed by atoms with Crippen LogP contribution in [0.5, 0.6) is 0 Å². The van der Waals surface area contributed by atoms with Crippen molar-refractivity contribution < 1.29 is 9.59 Å². The predicted octanol–water partition coefficient (Wildman–Crippen LogP) is 2.88. The van der Waals surface area contributed by atoms with E-state index in [4.69, 9.17) is 0 Å². The number of carbonyl (C=O) groups is 2. The SMILES string of the molecule is CC1=CC(c2ccccc2)n2nc(N3C(=O)C4CCCCC4C3=O)nc2N1. The molecule has 7 heteroatoms. The molecular formula is C20H21N5O2. The smallest absolute Gasteiger partial charge is 0.260 e. The standard InChI is InChI=1S/C20H21N5O2/c1-12-11-16(13-7-3-2-4-8-13)25-19(21-12)22-20(23-25)24-17(26)14-9-5-6-10-15(14)18(24)27/h2-4,7-8,11,14-16H,5-6,9-10H2,1H3,(H,21,22,23). The van der Waals surface area contributed by atoms with Gasteiger partial charge in [0.2, 0.25) is 17.8 Å². The summed E-state index contributed by atoms with van der Waals surface area (Å²) < 4.78 is 1.75. The summed E-state index contributed by atoms with van der Waals surface area (Å²) in [6.07, 6.45) is 5.63. The second-order valence-corrected chi connectivity index (χ2v) is 7.52. The second-order valence-electron chi connectivity index (χ2n) is 7.52. The van der Waals surface area contributed by atoms with Crippen LogP contribution in [0, 0.1) is 11.8 Å². The molecule has 7 nitrogen and oxygen atoms in total. The van der Waals surface area contributed by atoms with Gasteiger partial charge in [0.1, 0.15) is 6.04 Å². The van der Waals surface area contributed by atoms with E-state index in [0.717, 1.165) is 36.9 Å². The Balaban J connectivity index is 1.54. The summed E-state index contributed by atoms with van der Waals surface area (Å²) in [4.78, 5) is 31.4. The summed E-state index contributed by atoms with van der Waals surface area (Å²) in [5, 5.41) is 7.76. The topological polar surface area (TPSA) is 80.1 Å². The summed E-state index contributed by atoms with van der Waals surface area (Å²) >= 11 is 0. The second kappa shape index (κ2) is 6.04. The van der Waals surface area contributed by atoms with E-state index in [-0.39, 0.29) is 35.6 Å². The summed E-state index contributed by atoms with van der Waals surface area (Å²) in [5.74, 6) is 0.0384. The molecule has 2 aromatic rings. The monoisotopic (exact) mass is 363 g/mol. The van der Waals surface area contributed by atoms with Gasteiger partial charge in [-0.3, -0.25) is 9.59 Å². The third kappa shape index (κ3) is 2.49. The number of carbonyl (C=O) groups excluding carboxylic acids is 2. The van der Waals surface area contributed by atoms with Gasteiger partial charge in [-0.15, -0.1) is 5.10 Å². The van der Waals surface area contributed by atoms with E-state index in [9.17, 15) is 9.59 Å². The van der Waals surface area contributed by atoms with Crippen molar-refractivity contribution >= 4 is 23.7 Å². The van der Waals surface area contributed by atoms with Crippen LogP contribution in [0.25, 0.3) is 0 Å². The third-order valence-electron chi connectivity index (χ3n) is 5.78. The Labute approximate surface area is 157 Å². The Kier molecular flexibility index (Phi) is 3.63. The minimum atomic E-state index is -0.204. The molecule has 0 bridgehead atoms. The molecule has 0 spiro atoms.